The zero-order chi connectivity index (χ0) is 21.6. The van der Waals surface area contributed by atoms with Gasteiger partial charge in [-0.1, -0.05) is 42.5 Å². The second-order valence-electron chi connectivity index (χ2n) is 7.99. The van der Waals surface area contributed by atoms with E-state index in [1.165, 1.54) is 16.5 Å². The van der Waals surface area contributed by atoms with Crippen molar-refractivity contribution in [3.8, 4) is 5.75 Å². The van der Waals surface area contributed by atoms with E-state index in [1.54, 1.807) is 6.92 Å². The highest BCUT2D eigenvalue weighted by Gasteiger charge is 2.20. The van der Waals surface area contributed by atoms with Crippen LogP contribution in [0.15, 0.2) is 60.7 Å². The molecule has 5 nitrogen and oxygen atoms in total. The molecule has 0 fully saturated rings. The van der Waals surface area contributed by atoms with Crippen LogP contribution in [0.4, 0.5) is 0 Å². The van der Waals surface area contributed by atoms with E-state index in [-0.39, 0.29) is 12.6 Å². The molecule has 4 rings (SSSR count). The van der Waals surface area contributed by atoms with Crippen molar-refractivity contribution >= 4 is 16.7 Å². The average Bonchev–Trinajstić information content (AvgIpc) is 2.80. The van der Waals surface area contributed by atoms with Gasteiger partial charge in [-0.3, -0.25) is 0 Å². The van der Waals surface area contributed by atoms with Gasteiger partial charge in [-0.05, 0) is 71.8 Å². The number of carbonyl (C=O) groups is 1. The Morgan fingerprint density at radius 1 is 1.10 bits per heavy atom. The highest BCUT2D eigenvalue weighted by atomic mass is 16.6. The third kappa shape index (κ3) is 5.43. The third-order valence-corrected chi connectivity index (χ3v) is 5.83. The molecule has 5 heteroatoms. The Bertz CT molecular complexity index is 1050. The monoisotopic (exact) mass is 419 g/mol. The van der Waals surface area contributed by atoms with E-state index in [4.69, 9.17) is 9.47 Å². The summed E-state index contributed by atoms with van der Waals surface area (Å²) >= 11 is 0. The summed E-state index contributed by atoms with van der Waals surface area (Å²) in [6.07, 6.45) is 2.33. The lowest BCUT2D eigenvalue weighted by Crippen LogP contribution is -2.37. The Morgan fingerprint density at radius 3 is 2.77 bits per heavy atom. The van der Waals surface area contributed by atoms with E-state index < -0.39 is 6.10 Å². The minimum absolute atomic E-state index is 0.0771. The highest BCUT2D eigenvalue weighted by Crippen LogP contribution is 2.26. The van der Waals surface area contributed by atoms with Gasteiger partial charge in [-0.25, -0.2) is 4.79 Å². The zero-order valence-electron chi connectivity index (χ0n) is 17.8. The molecule has 0 aliphatic heterocycles. The minimum Gasteiger partial charge on any atom is -0.482 e. The predicted molar refractivity (Wildman–Crippen MR) is 121 cm³/mol. The number of aliphatic hydroxyl groups excluding tert-OH is 1. The summed E-state index contributed by atoms with van der Waals surface area (Å²) in [7, 11) is 0. The maximum absolute atomic E-state index is 11.5. The van der Waals surface area contributed by atoms with Crippen LogP contribution in [0.25, 0.3) is 10.8 Å². The van der Waals surface area contributed by atoms with E-state index in [9.17, 15) is 9.90 Å². The van der Waals surface area contributed by atoms with Crippen LogP contribution in [0.3, 0.4) is 0 Å². The number of carbonyl (C=O) groups excluding carboxylic acids is 1. The SMILES string of the molecule is CCOC(=O)COc1ccc2c(c1)CC(NCC(O)c1ccc3ccccc3c1)CC2. The van der Waals surface area contributed by atoms with Gasteiger partial charge in [0.25, 0.3) is 0 Å². The molecule has 0 saturated heterocycles. The van der Waals surface area contributed by atoms with Crippen molar-refractivity contribution in [3.05, 3.63) is 77.4 Å². The molecule has 162 valence electrons. The van der Waals surface area contributed by atoms with Gasteiger partial charge in [-0.2, -0.15) is 0 Å². The molecule has 1 aliphatic carbocycles. The smallest absolute Gasteiger partial charge is 0.344 e. The van der Waals surface area contributed by atoms with Crippen molar-refractivity contribution in [2.45, 2.75) is 38.3 Å². The van der Waals surface area contributed by atoms with Crippen LogP contribution in [-0.4, -0.2) is 36.9 Å². The first-order valence-electron chi connectivity index (χ1n) is 10.9. The van der Waals surface area contributed by atoms with Gasteiger partial charge in [0.1, 0.15) is 5.75 Å². The molecule has 0 bridgehead atoms. The molecule has 2 N–H and O–H groups in total. The van der Waals surface area contributed by atoms with Crippen molar-refractivity contribution < 1.29 is 19.4 Å². The molecule has 1 aliphatic rings. The van der Waals surface area contributed by atoms with Crippen LogP contribution < -0.4 is 10.1 Å². The number of fused-ring (bicyclic) bond motifs is 2. The fourth-order valence-electron chi connectivity index (χ4n) is 4.15. The first kappa shape index (κ1) is 21.3. The fourth-order valence-corrected chi connectivity index (χ4v) is 4.15. The second kappa shape index (κ2) is 9.94. The van der Waals surface area contributed by atoms with Crippen molar-refractivity contribution in [3.63, 3.8) is 0 Å². The Hall–Kier alpha value is -2.89. The Labute approximate surface area is 183 Å². The lowest BCUT2D eigenvalue weighted by Gasteiger charge is -2.27. The van der Waals surface area contributed by atoms with Crippen LogP contribution in [0.1, 0.15) is 36.1 Å². The van der Waals surface area contributed by atoms with Gasteiger partial charge >= 0.3 is 5.97 Å². The summed E-state index contributed by atoms with van der Waals surface area (Å²) in [5.41, 5.74) is 3.47. The van der Waals surface area contributed by atoms with Gasteiger partial charge in [0.2, 0.25) is 0 Å². The molecular weight excluding hydrogens is 390 g/mol. The average molecular weight is 420 g/mol. The standard InChI is InChI=1S/C26H29NO4/c1-2-30-26(29)17-31-24-12-10-19-9-11-23(14-22(19)15-24)27-16-25(28)21-8-7-18-5-3-4-6-20(18)13-21/h3-8,10,12-13,15,23,25,27-28H,2,9,11,14,16-17H2,1H3. The molecule has 0 aromatic heterocycles. The molecule has 0 spiro atoms. The van der Waals surface area contributed by atoms with Crippen molar-refractivity contribution in [2.75, 3.05) is 19.8 Å². The second-order valence-corrected chi connectivity index (χ2v) is 7.99. The number of aliphatic hydroxyl groups is 1. The molecule has 31 heavy (non-hydrogen) atoms. The van der Waals surface area contributed by atoms with Crippen LogP contribution in [0.5, 0.6) is 5.75 Å². The number of hydrogen-bond donors (Lipinski definition) is 2. The van der Waals surface area contributed by atoms with Gasteiger partial charge in [0.05, 0.1) is 12.7 Å². The molecule has 3 aromatic carbocycles. The molecule has 0 radical (unpaired) electrons. The first-order chi connectivity index (χ1) is 15.1. The van der Waals surface area contributed by atoms with Crippen molar-refractivity contribution in [2.24, 2.45) is 0 Å². The maximum atomic E-state index is 11.5. The molecule has 2 unspecified atom stereocenters. The number of benzene rings is 3. The number of aryl methyl sites for hydroxylation is 1. The summed E-state index contributed by atoms with van der Waals surface area (Å²) in [6, 6.07) is 20.6. The number of rotatable bonds is 8. The van der Waals surface area contributed by atoms with Gasteiger partial charge < -0.3 is 19.9 Å². The van der Waals surface area contributed by atoms with Crippen LogP contribution >= 0.6 is 0 Å². The quantitative estimate of drug-likeness (QED) is 0.541. The molecule has 0 heterocycles. The van der Waals surface area contributed by atoms with Crippen LogP contribution in [0.2, 0.25) is 0 Å². The third-order valence-electron chi connectivity index (χ3n) is 5.83. The number of esters is 1. The summed E-state index contributed by atoms with van der Waals surface area (Å²) in [6.45, 7) is 2.56. The van der Waals surface area contributed by atoms with E-state index in [0.29, 0.717) is 24.9 Å². The molecular formula is C26H29NO4. The molecule has 3 aromatic rings. The summed E-state index contributed by atoms with van der Waals surface area (Å²) < 4.78 is 10.5. The number of ether oxygens (including phenoxy) is 2. The maximum Gasteiger partial charge on any atom is 0.344 e. The largest absolute Gasteiger partial charge is 0.482 e. The van der Waals surface area contributed by atoms with E-state index in [0.717, 1.165) is 30.2 Å². The topological polar surface area (TPSA) is 67.8 Å². The molecule has 0 saturated carbocycles. The number of nitrogens with one attached hydrogen (secondary N) is 1. The normalized spacial score (nSPS) is 16.5. The predicted octanol–water partition coefficient (Wildman–Crippen LogP) is 3.96. The zero-order valence-corrected chi connectivity index (χ0v) is 17.8. The molecule has 2 atom stereocenters. The van der Waals surface area contributed by atoms with Crippen molar-refractivity contribution in [1.29, 1.82) is 0 Å². The van der Waals surface area contributed by atoms with Crippen LogP contribution in [-0.2, 0) is 22.4 Å². The Morgan fingerprint density at radius 2 is 1.94 bits per heavy atom. The van der Waals surface area contributed by atoms with Crippen molar-refractivity contribution in [1.82, 2.24) is 5.32 Å². The lowest BCUT2D eigenvalue weighted by atomic mass is 9.88. The first-order valence-corrected chi connectivity index (χ1v) is 10.9. The lowest BCUT2D eigenvalue weighted by molar-refractivity contribution is -0.145. The summed E-state index contributed by atoms with van der Waals surface area (Å²) in [5.74, 6) is 0.325. The fraction of sp³-hybridized carbons (Fsp3) is 0.346. The van der Waals surface area contributed by atoms with Crippen LogP contribution in [0, 0.1) is 0 Å². The highest BCUT2D eigenvalue weighted by molar-refractivity contribution is 5.83. The van der Waals surface area contributed by atoms with E-state index >= 15 is 0 Å². The van der Waals surface area contributed by atoms with E-state index in [2.05, 4.69) is 35.6 Å². The Kier molecular flexibility index (Phi) is 6.85. The Balaban J connectivity index is 1.33. The number of hydrogen-bond acceptors (Lipinski definition) is 5. The van der Waals surface area contributed by atoms with Gasteiger partial charge in [-0.15, -0.1) is 0 Å². The summed E-state index contributed by atoms with van der Waals surface area (Å²) in [5, 5.41) is 16.5. The minimum atomic E-state index is -0.551. The van der Waals surface area contributed by atoms with Gasteiger partial charge in [0.15, 0.2) is 6.61 Å². The summed E-state index contributed by atoms with van der Waals surface area (Å²) in [4.78, 5) is 11.5. The van der Waals surface area contributed by atoms with Gasteiger partial charge in [0, 0.05) is 12.6 Å². The molecule has 0 amide bonds. The van der Waals surface area contributed by atoms with E-state index in [1.807, 2.05) is 30.3 Å².